The van der Waals surface area contributed by atoms with Crippen molar-refractivity contribution < 1.29 is 5.11 Å². The Morgan fingerprint density at radius 1 is 0.905 bits per heavy atom. The van der Waals surface area contributed by atoms with Crippen molar-refractivity contribution in [3.8, 4) is 0 Å². The number of piperidine rings is 1. The van der Waals surface area contributed by atoms with Gasteiger partial charge in [0.25, 0.3) is 0 Å². The highest BCUT2D eigenvalue weighted by molar-refractivity contribution is 5.45. The normalized spacial score (nSPS) is 26.8. The van der Waals surface area contributed by atoms with Crippen LogP contribution in [0.2, 0.25) is 0 Å². The van der Waals surface area contributed by atoms with Gasteiger partial charge in [0, 0.05) is 13.1 Å². The SMILES string of the molecule is OC1(c2ccc(N3CCC4(CC3)CC4)cn2)CCCCC1. The van der Waals surface area contributed by atoms with E-state index in [4.69, 9.17) is 0 Å². The molecule has 0 amide bonds. The van der Waals surface area contributed by atoms with Crippen LogP contribution in [0.5, 0.6) is 0 Å². The average molecular weight is 286 g/mol. The Hall–Kier alpha value is -1.09. The van der Waals surface area contributed by atoms with Gasteiger partial charge in [-0.15, -0.1) is 0 Å². The van der Waals surface area contributed by atoms with Crippen molar-refractivity contribution in [2.75, 3.05) is 18.0 Å². The molecule has 3 aliphatic rings. The van der Waals surface area contributed by atoms with Gasteiger partial charge in [-0.05, 0) is 56.1 Å². The molecule has 0 radical (unpaired) electrons. The molecule has 114 valence electrons. The van der Waals surface area contributed by atoms with E-state index in [1.807, 2.05) is 6.20 Å². The Balaban J connectivity index is 1.46. The molecule has 0 bridgehead atoms. The predicted octanol–water partition coefficient (Wildman–Crippen LogP) is 3.61. The Morgan fingerprint density at radius 3 is 2.19 bits per heavy atom. The minimum atomic E-state index is -0.670. The lowest BCUT2D eigenvalue weighted by molar-refractivity contribution is -0.00461. The third-order valence-electron chi connectivity index (χ3n) is 6.05. The summed E-state index contributed by atoms with van der Waals surface area (Å²) in [5.74, 6) is 0. The Morgan fingerprint density at radius 2 is 1.62 bits per heavy atom. The fourth-order valence-electron chi connectivity index (χ4n) is 4.16. The van der Waals surface area contributed by atoms with Crippen molar-refractivity contribution in [2.24, 2.45) is 5.41 Å². The fourth-order valence-corrected chi connectivity index (χ4v) is 4.16. The lowest BCUT2D eigenvalue weighted by atomic mass is 9.82. The molecule has 2 heterocycles. The smallest absolute Gasteiger partial charge is 0.106 e. The second-order valence-corrected chi connectivity index (χ2v) is 7.48. The van der Waals surface area contributed by atoms with E-state index in [1.165, 1.54) is 50.9 Å². The zero-order valence-corrected chi connectivity index (χ0v) is 12.9. The van der Waals surface area contributed by atoms with E-state index in [0.717, 1.165) is 36.8 Å². The van der Waals surface area contributed by atoms with E-state index in [9.17, 15) is 5.11 Å². The minimum Gasteiger partial charge on any atom is -0.384 e. The number of hydrogen-bond donors (Lipinski definition) is 1. The molecule has 0 atom stereocenters. The number of pyridine rings is 1. The molecule has 2 aliphatic carbocycles. The van der Waals surface area contributed by atoms with Gasteiger partial charge in [0.1, 0.15) is 5.60 Å². The lowest BCUT2D eigenvalue weighted by Gasteiger charge is -2.34. The summed E-state index contributed by atoms with van der Waals surface area (Å²) in [6.45, 7) is 2.34. The van der Waals surface area contributed by atoms with Crippen LogP contribution < -0.4 is 4.90 Å². The van der Waals surface area contributed by atoms with Crippen LogP contribution in [-0.2, 0) is 5.60 Å². The van der Waals surface area contributed by atoms with E-state index < -0.39 is 5.60 Å². The first-order valence-corrected chi connectivity index (χ1v) is 8.63. The van der Waals surface area contributed by atoms with Crippen molar-refractivity contribution in [2.45, 2.75) is 63.4 Å². The summed E-state index contributed by atoms with van der Waals surface area (Å²) in [4.78, 5) is 7.07. The average Bonchev–Trinajstić information content (AvgIpc) is 3.28. The molecular formula is C18H26N2O. The molecular weight excluding hydrogens is 260 g/mol. The van der Waals surface area contributed by atoms with Gasteiger partial charge in [-0.1, -0.05) is 19.3 Å². The maximum absolute atomic E-state index is 10.7. The molecule has 1 aliphatic heterocycles. The lowest BCUT2D eigenvalue weighted by Crippen LogP contribution is -2.34. The molecule has 1 aromatic rings. The highest BCUT2D eigenvalue weighted by Crippen LogP contribution is 2.53. The standard InChI is InChI=1S/C18H26N2O/c21-18(6-2-1-3-7-18)16-5-4-15(14-19-16)20-12-10-17(8-9-17)11-13-20/h4-5,14,21H,1-3,6-13H2. The van der Waals surface area contributed by atoms with Gasteiger partial charge in [0.2, 0.25) is 0 Å². The first kappa shape index (κ1) is 13.6. The van der Waals surface area contributed by atoms with Gasteiger partial charge in [-0.25, -0.2) is 0 Å². The minimum absolute atomic E-state index is 0.670. The molecule has 3 nitrogen and oxygen atoms in total. The van der Waals surface area contributed by atoms with Gasteiger partial charge in [-0.2, -0.15) is 0 Å². The molecule has 1 spiro atoms. The fraction of sp³-hybridized carbons (Fsp3) is 0.722. The number of nitrogens with zero attached hydrogens (tertiary/aromatic N) is 2. The number of aliphatic hydroxyl groups is 1. The third-order valence-corrected chi connectivity index (χ3v) is 6.05. The van der Waals surface area contributed by atoms with Crippen LogP contribution in [0.1, 0.15) is 63.5 Å². The van der Waals surface area contributed by atoms with Gasteiger partial charge in [0.15, 0.2) is 0 Å². The van der Waals surface area contributed by atoms with Crippen LogP contribution in [0.3, 0.4) is 0 Å². The first-order valence-electron chi connectivity index (χ1n) is 8.63. The number of rotatable bonds is 2. The van der Waals surface area contributed by atoms with Crippen molar-refractivity contribution in [3.05, 3.63) is 24.0 Å². The summed E-state index contributed by atoms with van der Waals surface area (Å²) in [5.41, 5.74) is 2.16. The number of hydrogen-bond acceptors (Lipinski definition) is 3. The van der Waals surface area contributed by atoms with E-state index in [2.05, 4.69) is 22.0 Å². The molecule has 21 heavy (non-hydrogen) atoms. The summed E-state index contributed by atoms with van der Waals surface area (Å²) in [7, 11) is 0. The van der Waals surface area contributed by atoms with Gasteiger partial charge in [-0.3, -0.25) is 4.98 Å². The molecule has 3 heteroatoms. The van der Waals surface area contributed by atoms with Crippen molar-refractivity contribution >= 4 is 5.69 Å². The van der Waals surface area contributed by atoms with Crippen LogP contribution in [0, 0.1) is 5.41 Å². The maximum Gasteiger partial charge on any atom is 0.106 e. The van der Waals surface area contributed by atoms with Gasteiger partial charge >= 0.3 is 0 Å². The summed E-state index contributed by atoms with van der Waals surface area (Å²) in [6, 6.07) is 4.22. The molecule has 4 rings (SSSR count). The second-order valence-electron chi connectivity index (χ2n) is 7.48. The van der Waals surface area contributed by atoms with Crippen molar-refractivity contribution in [1.82, 2.24) is 4.98 Å². The molecule has 3 fully saturated rings. The maximum atomic E-state index is 10.7. The van der Waals surface area contributed by atoms with E-state index in [0.29, 0.717) is 0 Å². The summed E-state index contributed by atoms with van der Waals surface area (Å²) >= 11 is 0. The molecule has 2 saturated carbocycles. The van der Waals surface area contributed by atoms with Crippen LogP contribution in [-0.4, -0.2) is 23.2 Å². The topological polar surface area (TPSA) is 36.4 Å². The monoisotopic (exact) mass is 286 g/mol. The quantitative estimate of drug-likeness (QED) is 0.902. The van der Waals surface area contributed by atoms with Crippen LogP contribution >= 0.6 is 0 Å². The van der Waals surface area contributed by atoms with Crippen molar-refractivity contribution in [1.29, 1.82) is 0 Å². The largest absolute Gasteiger partial charge is 0.384 e. The van der Waals surface area contributed by atoms with E-state index in [1.54, 1.807) is 0 Å². The Labute approximate surface area is 127 Å². The molecule has 1 saturated heterocycles. The Kier molecular flexibility index (Phi) is 3.21. The number of anilines is 1. The molecule has 1 aromatic heterocycles. The first-order chi connectivity index (χ1) is 10.2. The highest BCUT2D eigenvalue weighted by atomic mass is 16.3. The van der Waals surface area contributed by atoms with E-state index >= 15 is 0 Å². The Bertz CT molecular complexity index is 490. The third kappa shape index (κ3) is 2.57. The van der Waals surface area contributed by atoms with E-state index in [-0.39, 0.29) is 0 Å². The van der Waals surface area contributed by atoms with Crippen molar-refractivity contribution in [3.63, 3.8) is 0 Å². The molecule has 0 aromatic carbocycles. The predicted molar refractivity (Wildman–Crippen MR) is 84.3 cm³/mol. The van der Waals surface area contributed by atoms with Crippen LogP contribution in [0.25, 0.3) is 0 Å². The van der Waals surface area contributed by atoms with Crippen LogP contribution in [0.15, 0.2) is 18.3 Å². The summed E-state index contributed by atoms with van der Waals surface area (Å²) in [5, 5.41) is 10.7. The second kappa shape index (κ2) is 4.98. The van der Waals surface area contributed by atoms with Crippen LogP contribution in [0.4, 0.5) is 5.69 Å². The molecule has 1 N–H and O–H groups in total. The molecule has 0 unspecified atom stereocenters. The highest BCUT2D eigenvalue weighted by Gasteiger charge is 2.44. The summed E-state index contributed by atoms with van der Waals surface area (Å²) in [6.07, 6.45) is 12.8. The summed E-state index contributed by atoms with van der Waals surface area (Å²) < 4.78 is 0. The zero-order chi connectivity index (χ0) is 14.3. The zero-order valence-electron chi connectivity index (χ0n) is 12.9. The van der Waals surface area contributed by atoms with Gasteiger partial charge in [0.05, 0.1) is 17.6 Å². The number of aromatic nitrogens is 1. The van der Waals surface area contributed by atoms with Gasteiger partial charge < -0.3 is 10.0 Å².